The van der Waals surface area contributed by atoms with Crippen LogP contribution in [0.25, 0.3) is 0 Å². The van der Waals surface area contributed by atoms with E-state index < -0.39 is 6.16 Å². The first kappa shape index (κ1) is 23.9. The van der Waals surface area contributed by atoms with Crippen LogP contribution in [0.1, 0.15) is 72.1 Å². The Morgan fingerprint density at radius 1 is 0.828 bits per heavy atom. The van der Waals surface area contributed by atoms with Gasteiger partial charge in [-0.3, -0.25) is 4.79 Å². The van der Waals surface area contributed by atoms with Gasteiger partial charge in [-0.2, -0.15) is 0 Å². The number of rotatable bonds is 9. The highest BCUT2D eigenvalue weighted by atomic mass is 16.7. The predicted molar refractivity (Wildman–Crippen MR) is 107 cm³/mol. The number of esters is 1. The summed E-state index contributed by atoms with van der Waals surface area (Å²) < 4.78 is 20.5. The van der Waals surface area contributed by atoms with Gasteiger partial charge in [0.2, 0.25) is 0 Å². The molecular formula is C22H38O7. The third kappa shape index (κ3) is 8.13. The number of hydrogen-bond donors (Lipinski definition) is 1. The summed E-state index contributed by atoms with van der Waals surface area (Å²) >= 11 is 0. The maximum Gasteiger partial charge on any atom is 0.508 e. The second-order valence-electron chi connectivity index (χ2n) is 8.97. The minimum atomic E-state index is -0.641. The lowest BCUT2D eigenvalue weighted by atomic mass is 9.60. The molecule has 7 heteroatoms. The molecule has 0 bridgehead atoms. The first-order valence-electron chi connectivity index (χ1n) is 11.0. The molecule has 0 heterocycles. The Bertz CT molecular complexity index is 503. The average molecular weight is 415 g/mol. The largest absolute Gasteiger partial charge is 0.508 e. The molecule has 0 aromatic carbocycles. The number of carbonyl (C=O) groups is 2. The molecule has 2 saturated carbocycles. The lowest BCUT2D eigenvalue weighted by Crippen LogP contribution is -2.39. The van der Waals surface area contributed by atoms with Crippen molar-refractivity contribution in [2.45, 2.75) is 84.3 Å². The molecule has 0 unspecified atom stereocenters. The summed E-state index contributed by atoms with van der Waals surface area (Å²) in [6.45, 7) is 6.92. The van der Waals surface area contributed by atoms with Gasteiger partial charge < -0.3 is 24.1 Å². The molecule has 0 amide bonds. The topological polar surface area (TPSA) is 91.3 Å². The quantitative estimate of drug-likeness (QED) is 0.452. The fraction of sp³-hybridized carbons (Fsp3) is 0.909. The van der Waals surface area contributed by atoms with Crippen LogP contribution in [0.2, 0.25) is 0 Å². The minimum Gasteiger partial charge on any atom is -0.463 e. The van der Waals surface area contributed by atoms with Crippen molar-refractivity contribution in [1.82, 2.24) is 0 Å². The molecule has 2 rings (SSSR count). The van der Waals surface area contributed by atoms with E-state index >= 15 is 0 Å². The third-order valence-electron chi connectivity index (χ3n) is 6.72. The molecule has 7 nitrogen and oxygen atoms in total. The average Bonchev–Trinajstić information content (AvgIpc) is 2.68. The molecule has 0 aromatic heterocycles. The number of ether oxygens (including phenoxy) is 4. The zero-order valence-corrected chi connectivity index (χ0v) is 18.2. The minimum absolute atomic E-state index is 0.0763. The van der Waals surface area contributed by atoms with Gasteiger partial charge in [0.05, 0.1) is 19.3 Å². The molecule has 0 spiro atoms. The van der Waals surface area contributed by atoms with Gasteiger partial charge in [0.1, 0.15) is 19.3 Å². The molecule has 2 aliphatic carbocycles. The summed E-state index contributed by atoms with van der Waals surface area (Å²) in [5.74, 6) is 0.951. The lowest BCUT2D eigenvalue weighted by molar-refractivity contribution is -0.142. The Labute approximate surface area is 174 Å². The van der Waals surface area contributed by atoms with E-state index in [-0.39, 0.29) is 50.0 Å². The van der Waals surface area contributed by atoms with Crippen molar-refractivity contribution in [3.05, 3.63) is 0 Å². The normalized spacial score (nSPS) is 27.9. The van der Waals surface area contributed by atoms with Gasteiger partial charge in [0, 0.05) is 6.92 Å². The maximum atomic E-state index is 11.9. The number of carbonyl (C=O) groups excluding carboxylic acids is 2. The van der Waals surface area contributed by atoms with Gasteiger partial charge in [-0.25, -0.2) is 4.79 Å². The molecule has 168 valence electrons. The molecule has 0 saturated heterocycles. The van der Waals surface area contributed by atoms with Crippen molar-refractivity contribution in [3.63, 3.8) is 0 Å². The number of aliphatic hydroxyl groups excluding tert-OH is 1. The lowest BCUT2D eigenvalue weighted by Gasteiger charge is -2.46. The number of aliphatic hydroxyl groups is 1. The summed E-state index contributed by atoms with van der Waals surface area (Å²) in [5, 5.41) is 9.77. The van der Waals surface area contributed by atoms with E-state index in [2.05, 4.69) is 13.8 Å². The van der Waals surface area contributed by atoms with Gasteiger partial charge in [-0.15, -0.1) is 0 Å². The van der Waals surface area contributed by atoms with E-state index in [1.807, 2.05) is 0 Å². The highest BCUT2D eigenvalue weighted by Crippen LogP contribution is 2.48. The maximum absolute atomic E-state index is 11.9. The van der Waals surface area contributed by atoms with Gasteiger partial charge in [-0.05, 0) is 68.6 Å². The van der Waals surface area contributed by atoms with Crippen LogP contribution in [0, 0.1) is 17.3 Å². The first-order chi connectivity index (χ1) is 13.8. The van der Waals surface area contributed by atoms with Crippen LogP contribution >= 0.6 is 0 Å². The van der Waals surface area contributed by atoms with E-state index in [1.54, 1.807) is 0 Å². The Kier molecular flexibility index (Phi) is 9.69. The van der Waals surface area contributed by atoms with Crippen molar-refractivity contribution in [1.29, 1.82) is 0 Å². The van der Waals surface area contributed by atoms with Gasteiger partial charge in [0.15, 0.2) is 0 Å². The van der Waals surface area contributed by atoms with Crippen LogP contribution in [0.4, 0.5) is 4.79 Å². The standard InChI is InChI=1S/C22H38O7/c1-16(23)27-14-12-26-13-15-28-21(25)29-20-10-6-18(7-11-20)22(2,3)17-4-8-19(24)9-5-17/h17-20,24H,4-15H2,1-3H3. The van der Waals surface area contributed by atoms with Crippen LogP contribution < -0.4 is 0 Å². The zero-order valence-electron chi connectivity index (χ0n) is 18.2. The van der Waals surface area contributed by atoms with Crippen molar-refractivity contribution < 1.29 is 33.6 Å². The SMILES string of the molecule is CC(=O)OCCOCCOC(=O)OC1CCC(C(C)(C)C2CCC(O)CC2)CC1. The second-order valence-corrected chi connectivity index (χ2v) is 8.97. The Balaban J connectivity index is 1.59. The van der Waals surface area contributed by atoms with Gasteiger partial charge >= 0.3 is 12.1 Å². The van der Waals surface area contributed by atoms with Gasteiger partial charge in [-0.1, -0.05) is 13.8 Å². The summed E-state index contributed by atoms with van der Waals surface area (Å²) in [6.07, 6.45) is 7.10. The van der Waals surface area contributed by atoms with E-state index in [0.29, 0.717) is 11.8 Å². The zero-order chi connectivity index (χ0) is 21.3. The highest BCUT2D eigenvalue weighted by Gasteiger charge is 2.40. The molecule has 2 aliphatic rings. The number of hydrogen-bond acceptors (Lipinski definition) is 7. The van der Waals surface area contributed by atoms with E-state index in [1.165, 1.54) is 6.92 Å². The fourth-order valence-corrected chi connectivity index (χ4v) is 4.78. The molecule has 0 radical (unpaired) electrons. The van der Waals surface area contributed by atoms with E-state index in [9.17, 15) is 14.7 Å². The molecule has 29 heavy (non-hydrogen) atoms. The Hall–Kier alpha value is -1.34. The van der Waals surface area contributed by atoms with Crippen LogP contribution in [0.3, 0.4) is 0 Å². The van der Waals surface area contributed by atoms with Crippen molar-refractivity contribution in [2.75, 3.05) is 26.4 Å². The second kappa shape index (κ2) is 11.7. The Morgan fingerprint density at radius 2 is 1.34 bits per heavy atom. The third-order valence-corrected chi connectivity index (χ3v) is 6.72. The van der Waals surface area contributed by atoms with Crippen molar-refractivity contribution in [2.24, 2.45) is 17.3 Å². The van der Waals surface area contributed by atoms with E-state index in [0.717, 1.165) is 51.4 Å². The molecule has 0 atom stereocenters. The fourth-order valence-electron chi connectivity index (χ4n) is 4.78. The molecule has 0 aromatic rings. The predicted octanol–water partition coefficient (Wildman–Crippen LogP) is 3.86. The Morgan fingerprint density at radius 3 is 1.90 bits per heavy atom. The highest BCUT2D eigenvalue weighted by molar-refractivity contribution is 5.65. The van der Waals surface area contributed by atoms with Crippen LogP contribution in [0.5, 0.6) is 0 Å². The molecular weight excluding hydrogens is 376 g/mol. The summed E-state index contributed by atoms with van der Waals surface area (Å²) in [6, 6.07) is 0. The van der Waals surface area contributed by atoms with Crippen molar-refractivity contribution in [3.8, 4) is 0 Å². The van der Waals surface area contributed by atoms with Gasteiger partial charge in [0.25, 0.3) is 0 Å². The van der Waals surface area contributed by atoms with Crippen LogP contribution in [-0.2, 0) is 23.7 Å². The van der Waals surface area contributed by atoms with Crippen molar-refractivity contribution >= 4 is 12.1 Å². The summed E-state index contributed by atoms with van der Waals surface area (Å²) in [5.41, 5.74) is 0.259. The summed E-state index contributed by atoms with van der Waals surface area (Å²) in [4.78, 5) is 22.5. The molecule has 0 aliphatic heterocycles. The van der Waals surface area contributed by atoms with Crippen LogP contribution in [-0.4, -0.2) is 55.9 Å². The van der Waals surface area contributed by atoms with Crippen LogP contribution in [0.15, 0.2) is 0 Å². The molecule has 1 N–H and O–H groups in total. The summed E-state index contributed by atoms with van der Waals surface area (Å²) in [7, 11) is 0. The smallest absolute Gasteiger partial charge is 0.463 e. The monoisotopic (exact) mass is 414 g/mol. The van der Waals surface area contributed by atoms with E-state index in [4.69, 9.17) is 18.9 Å². The first-order valence-corrected chi connectivity index (χ1v) is 11.0. The molecule has 2 fully saturated rings.